The third kappa shape index (κ3) is 2.02. The fourth-order valence-electron chi connectivity index (χ4n) is 4.21. The largest absolute Gasteiger partial charge is 0.392 e. The first-order valence-electron chi connectivity index (χ1n) is 7.13. The van der Waals surface area contributed by atoms with E-state index in [1.54, 1.807) is 0 Å². The highest BCUT2D eigenvalue weighted by molar-refractivity contribution is 4.92. The van der Waals surface area contributed by atoms with E-state index in [-0.39, 0.29) is 6.10 Å². The summed E-state index contributed by atoms with van der Waals surface area (Å²) in [5.41, 5.74) is 0. The Bertz CT molecular complexity index is 255. The molecule has 1 N–H and O–H groups in total. The van der Waals surface area contributed by atoms with Gasteiger partial charge >= 0.3 is 0 Å². The number of fused-ring (bicyclic) bond motifs is 2. The minimum absolute atomic E-state index is 0.0765. The second kappa shape index (κ2) is 4.30. The average Bonchev–Trinajstić information content (AvgIpc) is 2.85. The highest BCUT2D eigenvalue weighted by atomic mass is 16.3. The molecule has 0 aromatic heterocycles. The quantitative estimate of drug-likeness (QED) is 0.775. The number of aliphatic hydroxyl groups is 1. The van der Waals surface area contributed by atoms with Gasteiger partial charge in [-0.25, -0.2) is 0 Å². The molecule has 1 aliphatic heterocycles. The number of piperidine rings is 1. The minimum Gasteiger partial charge on any atom is -0.392 e. The topological polar surface area (TPSA) is 23.5 Å². The number of aliphatic hydroxyl groups excluding tert-OH is 1. The third-order valence-corrected chi connectivity index (χ3v) is 5.38. The van der Waals surface area contributed by atoms with Crippen LogP contribution < -0.4 is 0 Å². The van der Waals surface area contributed by atoms with Crippen LogP contribution in [0.25, 0.3) is 0 Å². The lowest BCUT2D eigenvalue weighted by Gasteiger charge is -2.37. The molecule has 2 aliphatic carbocycles. The molecule has 0 radical (unpaired) electrons. The number of rotatable bonds is 2. The number of hydrogen-bond donors (Lipinski definition) is 1. The van der Waals surface area contributed by atoms with Crippen molar-refractivity contribution >= 4 is 0 Å². The third-order valence-electron chi connectivity index (χ3n) is 5.38. The number of likely N-dealkylation sites (tertiary alicyclic amines) is 1. The van der Waals surface area contributed by atoms with Gasteiger partial charge in [-0.1, -0.05) is 13.3 Å². The number of hydrogen-bond acceptors (Lipinski definition) is 2. The van der Waals surface area contributed by atoms with Crippen LogP contribution in [-0.4, -0.2) is 35.7 Å². The molecule has 5 unspecified atom stereocenters. The van der Waals surface area contributed by atoms with E-state index in [0.717, 1.165) is 24.3 Å². The average molecular weight is 223 g/mol. The van der Waals surface area contributed by atoms with Gasteiger partial charge in [-0.05, 0) is 55.9 Å². The number of β-amino-alcohol motifs (C(OH)–C–C–N with tert-alkyl or cyclic N) is 1. The Balaban J connectivity index is 1.52. The van der Waals surface area contributed by atoms with Crippen LogP contribution >= 0.6 is 0 Å². The Kier molecular flexibility index (Phi) is 2.97. The van der Waals surface area contributed by atoms with E-state index in [1.807, 2.05) is 0 Å². The highest BCUT2D eigenvalue weighted by Gasteiger charge is 2.40. The zero-order valence-electron chi connectivity index (χ0n) is 10.4. The Morgan fingerprint density at radius 1 is 1.19 bits per heavy atom. The predicted octanol–water partition coefficient (Wildman–Crippen LogP) is 2.13. The maximum atomic E-state index is 9.91. The molecule has 5 atom stereocenters. The smallest absolute Gasteiger partial charge is 0.0693 e. The lowest BCUT2D eigenvalue weighted by Crippen LogP contribution is -2.45. The summed E-state index contributed by atoms with van der Waals surface area (Å²) in [6.45, 7) is 5.59. The summed E-state index contributed by atoms with van der Waals surface area (Å²) in [6.07, 6.45) is 7.09. The monoisotopic (exact) mass is 223 g/mol. The van der Waals surface area contributed by atoms with Gasteiger partial charge in [-0.3, -0.25) is 0 Å². The molecule has 2 saturated carbocycles. The minimum atomic E-state index is -0.0765. The van der Waals surface area contributed by atoms with Crippen LogP contribution in [0.4, 0.5) is 0 Å². The molecule has 0 amide bonds. The zero-order valence-corrected chi connectivity index (χ0v) is 10.4. The first-order valence-corrected chi connectivity index (χ1v) is 7.13. The molecule has 2 nitrogen and oxygen atoms in total. The highest BCUT2D eigenvalue weighted by Crippen LogP contribution is 2.48. The van der Waals surface area contributed by atoms with Crippen molar-refractivity contribution in [3.05, 3.63) is 0 Å². The van der Waals surface area contributed by atoms with Crippen LogP contribution in [0.3, 0.4) is 0 Å². The SMILES string of the molecule is CC1CCN(CC2CC3CCC2C3)CC1O. The summed E-state index contributed by atoms with van der Waals surface area (Å²) < 4.78 is 0. The molecule has 2 heteroatoms. The summed E-state index contributed by atoms with van der Waals surface area (Å²) >= 11 is 0. The van der Waals surface area contributed by atoms with Gasteiger partial charge in [0.15, 0.2) is 0 Å². The van der Waals surface area contributed by atoms with E-state index in [9.17, 15) is 5.11 Å². The van der Waals surface area contributed by atoms with E-state index in [0.29, 0.717) is 5.92 Å². The van der Waals surface area contributed by atoms with Gasteiger partial charge in [0.25, 0.3) is 0 Å². The fraction of sp³-hybridized carbons (Fsp3) is 1.00. The van der Waals surface area contributed by atoms with Crippen LogP contribution in [-0.2, 0) is 0 Å². The predicted molar refractivity (Wildman–Crippen MR) is 65.2 cm³/mol. The lowest BCUT2D eigenvalue weighted by molar-refractivity contribution is 0.0190. The van der Waals surface area contributed by atoms with Crippen molar-refractivity contribution in [2.75, 3.05) is 19.6 Å². The van der Waals surface area contributed by atoms with Gasteiger partial charge in [0.1, 0.15) is 0 Å². The molecule has 0 aromatic rings. The summed E-state index contributed by atoms with van der Waals surface area (Å²) in [4.78, 5) is 2.52. The summed E-state index contributed by atoms with van der Waals surface area (Å²) in [7, 11) is 0. The molecule has 1 saturated heterocycles. The van der Waals surface area contributed by atoms with Crippen molar-refractivity contribution < 1.29 is 5.11 Å². The van der Waals surface area contributed by atoms with Gasteiger partial charge in [0.05, 0.1) is 6.10 Å². The van der Waals surface area contributed by atoms with Crippen LogP contribution in [0.5, 0.6) is 0 Å². The maximum absolute atomic E-state index is 9.91. The Morgan fingerprint density at radius 2 is 2.06 bits per heavy atom. The van der Waals surface area contributed by atoms with E-state index in [1.165, 1.54) is 45.2 Å². The second-order valence-electron chi connectivity index (χ2n) is 6.53. The van der Waals surface area contributed by atoms with Crippen LogP contribution in [0.15, 0.2) is 0 Å². The molecule has 3 rings (SSSR count). The van der Waals surface area contributed by atoms with Gasteiger partial charge in [-0.15, -0.1) is 0 Å². The van der Waals surface area contributed by atoms with E-state index in [4.69, 9.17) is 0 Å². The summed E-state index contributed by atoms with van der Waals surface area (Å²) in [6, 6.07) is 0. The van der Waals surface area contributed by atoms with Crippen LogP contribution in [0.1, 0.15) is 39.0 Å². The Labute approximate surface area is 99.0 Å². The van der Waals surface area contributed by atoms with Crippen molar-refractivity contribution in [2.24, 2.45) is 23.7 Å². The Morgan fingerprint density at radius 3 is 2.69 bits per heavy atom. The van der Waals surface area contributed by atoms with Gasteiger partial charge in [-0.2, -0.15) is 0 Å². The van der Waals surface area contributed by atoms with Crippen molar-refractivity contribution in [3.63, 3.8) is 0 Å². The van der Waals surface area contributed by atoms with Crippen molar-refractivity contribution in [2.45, 2.75) is 45.1 Å². The summed E-state index contributed by atoms with van der Waals surface area (Å²) in [5.74, 6) is 3.56. The van der Waals surface area contributed by atoms with Gasteiger partial charge in [0.2, 0.25) is 0 Å². The molecule has 0 aromatic carbocycles. The molecule has 92 valence electrons. The molecule has 2 bridgehead atoms. The van der Waals surface area contributed by atoms with Gasteiger partial charge < -0.3 is 10.0 Å². The van der Waals surface area contributed by atoms with Crippen LogP contribution in [0, 0.1) is 23.7 Å². The zero-order chi connectivity index (χ0) is 11.1. The maximum Gasteiger partial charge on any atom is 0.0693 e. The first-order chi connectivity index (χ1) is 7.72. The molecule has 0 spiro atoms. The molecule has 3 fully saturated rings. The normalized spacial score (nSPS) is 48.8. The molecule has 1 heterocycles. The van der Waals surface area contributed by atoms with E-state index < -0.39 is 0 Å². The molecule has 16 heavy (non-hydrogen) atoms. The van der Waals surface area contributed by atoms with Crippen molar-refractivity contribution in [1.82, 2.24) is 4.90 Å². The van der Waals surface area contributed by atoms with Crippen molar-refractivity contribution in [3.8, 4) is 0 Å². The molecule has 3 aliphatic rings. The second-order valence-corrected chi connectivity index (χ2v) is 6.53. The summed E-state index contributed by atoms with van der Waals surface area (Å²) in [5, 5.41) is 9.91. The van der Waals surface area contributed by atoms with Gasteiger partial charge in [0, 0.05) is 13.1 Å². The van der Waals surface area contributed by atoms with Crippen LogP contribution in [0.2, 0.25) is 0 Å². The van der Waals surface area contributed by atoms with E-state index >= 15 is 0 Å². The standard InChI is InChI=1S/C14H25NO/c1-10-4-5-15(9-14(10)16)8-13-7-11-2-3-12(13)6-11/h10-14,16H,2-9H2,1H3. The lowest BCUT2D eigenvalue weighted by atomic mass is 9.87. The first kappa shape index (κ1) is 11.0. The van der Waals surface area contributed by atoms with Crippen molar-refractivity contribution in [1.29, 1.82) is 0 Å². The Hall–Kier alpha value is -0.0800. The number of nitrogens with zero attached hydrogens (tertiary/aromatic N) is 1. The van der Waals surface area contributed by atoms with E-state index in [2.05, 4.69) is 11.8 Å². The fourth-order valence-corrected chi connectivity index (χ4v) is 4.21. The molecular weight excluding hydrogens is 198 g/mol. The molecular formula is C14H25NO.